The van der Waals surface area contributed by atoms with Crippen LogP contribution in [0.1, 0.15) is 32.8 Å². The minimum Gasteiger partial charge on any atom is -0.619 e. The highest BCUT2D eigenvalue weighted by molar-refractivity contribution is 5.75. The Morgan fingerprint density at radius 1 is 1.41 bits per heavy atom. The molecule has 0 amide bonds. The molecule has 0 aliphatic rings. The molecule has 0 atom stereocenters. The maximum absolute atomic E-state index is 11.7. The highest BCUT2D eigenvalue weighted by Gasteiger charge is 2.28. The third-order valence-corrected chi connectivity index (χ3v) is 2.74. The second-order valence-corrected chi connectivity index (χ2v) is 4.67. The summed E-state index contributed by atoms with van der Waals surface area (Å²) in [5.41, 5.74) is 0.564. The zero-order valence-corrected chi connectivity index (χ0v) is 10.6. The van der Waals surface area contributed by atoms with Crippen LogP contribution < -0.4 is 4.73 Å². The molecule has 0 aliphatic heterocycles. The molecule has 0 unspecified atom stereocenters. The van der Waals surface area contributed by atoms with Crippen molar-refractivity contribution in [2.24, 2.45) is 5.41 Å². The number of hydrogen-bond donors (Lipinski definition) is 0. The molecular formula is C13H19NO3. The molecule has 1 rings (SSSR count). The molecule has 0 saturated heterocycles. The van der Waals surface area contributed by atoms with Crippen LogP contribution in [-0.2, 0) is 16.0 Å². The van der Waals surface area contributed by atoms with Crippen LogP contribution in [0.4, 0.5) is 0 Å². The fraction of sp³-hybridized carbons (Fsp3) is 0.538. The smallest absolute Gasteiger partial charge is 0.311 e. The molecule has 0 spiro atoms. The van der Waals surface area contributed by atoms with Crippen LogP contribution >= 0.6 is 0 Å². The Bertz CT molecular complexity index is 371. The van der Waals surface area contributed by atoms with Gasteiger partial charge in [-0.25, -0.2) is 0 Å². The van der Waals surface area contributed by atoms with Crippen molar-refractivity contribution in [3.8, 4) is 0 Å². The lowest BCUT2D eigenvalue weighted by Crippen LogP contribution is -2.27. The monoisotopic (exact) mass is 237 g/mol. The summed E-state index contributed by atoms with van der Waals surface area (Å²) in [4.78, 5) is 11.7. The van der Waals surface area contributed by atoms with E-state index >= 15 is 0 Å². The van der Waals surface area contributed by atoms with E-state index in [0.29, 0.717) is 13.0 Å². The van der Waals surface area contributed by atoms with Gasteiger partial charge in [0.25, 0.3) is 0 Å². The lowest BCUT2D eigenvalue weighted by Gasteiger charge is -2.21. The Hall–Kier alpha value is -1.58. The van der Waals surface area contributed by atoms with Gasteiger partial charge in [0.05, 0.1) is 12.0 Å². The first-order chi connectivity index (χ1) is 7.95. The second kappa shape index (κ2) is 5.66. The lowest BCUT2D eigenvalue weighted by atomic mass is 9.86. The molecule has 1 aromatic heterocycles. The van der Waals surface area contributed by atoms with Crippen LogP contribution in [0.3, 0.4) is 0 Å². The van der Waals surface area contributed by atoms with Crippen LogP contribution in [0.25, 0.3) is 0 Å². The van der Waals surface area contributed by atoms with Gasteiger partial charge in [-0.2, -0.15) is 4.73 Å². The number of esters is 1. The zero-order chi connectivity index (χ0) is 12.9. The fourth-order valence-corrected chi connectivity index (χ4v) is 1.50. The van der Waals surface area contributed by atoms with E-state index in [1.807, 2.05) is 13.8 Å². The Morgan fingerprint density at radius 2 is 2.00 bits per heavy atom. The van der Waals surface area contributed by atoms with Crippen LogP contribution in [0.15, 0.2) is 24.5 Å². The van der Waals surface area contributed by atoms with Crippen molar-refractivity contribution < 1.29 is 14.3 Å². The minimum absolute atomic E-state index is 0.171. The highest BCUT2D eigenvalue weighted by atomic mass is 16.5. The van der Waals surface area contributed by atoms with E-state index in [2.05, 4.69) is 0 Å². The number of aryl methyl sites for hydroxylation is 1. The predicted molar refractivity (Wildman–Crippen MR) is 64.1 cm³/mol. The molecule has 0 radical (unpaired) electrons. The van der Waals surface area contributed by atoms with Gasteiger partial charge in [-0.3, -0.25) is 4.79 Å². The SMILES string of the molecule is CCOC(=O)C(C)(C)CCc1cc[n+]([O-])cc1. The predicted octanol–water partition coefficient (Wildman–Crippen LogP) is 1.84. The van der Waals surface area contributed by atoms with Crippen LogP contribution in [-0.4, -0.2) is 12.6 Å². The maximum Gasteiger partial charge on any atom is 0.311 e. The minimum atomic E-state index is -0.487. The van der Waals surface area contributed by atoms with Gasteiger partial charge in [0, 0.05) is 12.1 Å². The van der Waals surface area contributed by atoms with Crippen molar-refractivity contribution in [1.82, 2.24) is 0 Å². The number of hydrogen-bond acceptors (Lipinski definition) is 3. The molecule has 0 aromatic carbocycles. The number of ether oxygens (including phenoxy) is 1. The van der Waals surface area contributed by atoms with Gasteiger partial charge >= 0.3 is 5.97 Å². The number of aromatic nitrogens is 1. The summed E-state index contributed by atoms with van der Waals surface area (Å²) in [5.74, 6) is -0.171. The summed E-state index contributed by atoms with van der Waals surface area (Å²) in [6, 6.07) is 3.54. The maximum atomic E-state index is 11.7. The first-order valence-corrected chi connectivity index (χ1v) is 5.80. The summed E-state index contributed by atoms with van der Waals surface area (Å²) < 4.78 is 5.77. The molecule has 4 nitrogen and oxygen atoms in total. The van der Waals surface area contributed by atoms with Gasteiger partial charge in [-0.05, 0) is 39.2 Å². The van der Waals surface area contributed by atoms with E-state index in [1.165, 1.54) is 12.4 Å². The van der Waals surface area contributed by atoms with Crippen molar-refractivity contribution in [3.63, 3.8) is 0 Å². The molecule has 0 fully saturated rings. The third-order valence-electron chi connectivity index (χ3n) is 2.74. The van der Waals surface area contributed by atoms with Crippen molar-refractivity contribution in [2.45, 2.75) is 33.6 Å². The molecule has 17 heavy (non-hydrogen) atoms. The average Bonchev–Trinajstić information content (AvgIpc) is 2.29. The molecule has 4 heteroatoms. The molecule has 1 heterocycles. The standard InChI is InChI=1S/C13H19NO3/c1-4-17-12(15)13(2,3)8-5-11-6-9-14(16)10-7-11/h6-7,9-10H,4-5,8H2,1-3H3. The van der Waals surface area contributed by atoms with Crippen molar-refractivity contribution in [1.29, 1.82) is 0 Å². The normalized spacial score (nSPS) is 11.2. The first-order valence-electron chi connectivity index (χ1n) is 5.80. The molecule has 1 aromatic rings. The molecule has 94 valence electrons. The van der Waals surface area contributed by atoms with Crippen LogP contribution in [0, 0.1) is 10.6 Å². The molecule has 0 aliphatic carbocycles. The summed E-state index contributed by atoms with van der Waals surface area (Å²) in [6.07, 6.45) is 4.39. The summed E-state index contributed by atoms with van der Waals surface area (Å²) in [5, 5.41) is 10.9. The number of carbonyl (C=O) groups excluding carboxylic acids is 1. The van der Waals surface area contributed by atoms with Crippen molar-refractivity contribution in [3.05, 3.63) is 35.3 Å². The third kappa shape index (κ3) is 4.06. The number of pyridine rings is 1. The van der Waals surface area contributed by atoms with E-state index in [4.69, 9.17) is 4.74 Å². The van der Waals surface area contributed by atoms with E-state index in [1.54, 1.807) is 19.1 Å². The summed E-state index contributed by atoms with van der Waals surface area (Å²) in [7, 11) is 0. The first kappa shape index (κ1) is 13.5. The largest absolute Gasteiger partial charge is 0.619 e. The molecular weight excluding hydrogens is 218 g/mol. The molecule has 0 N–H and O–H groups in total. The van der Waals surface area contributed by atoms with Gasteiger partial charge in [0.15, 0.2) is 12.4 Å². The summed E-state index contributed by atoms with van der Waals surface area (Å²) >= 11 is 0. The van der Waals surface area contributed by atoms with E-state index in [9.17, 15) is 10.0 Å². The second-order valence-electron chi connectivity index (χ2n) is 4.67. The van der Waals surface area contributed by atoms with Gasteiger partial charge in [0.2, 0.25) is 0 Å². The van der Waals surface area contributed by atoms with Crippen molar-refractivity contribution >= 4 is 5.97 Å². The Morgan fingerprint density at radius 3 is 2.53 bits per heavy atom. The highest BCUT2D eigenvalue weighted by Crippen LogP contribution is 2.24. The number of nitrogens with zero attached hydrogens (tertiary/aromatic N) is 1. The van der Waals surface area contributed by atoms with Gasteiger partial charge in [-0.15, -0.1) is 0 Å². The van der Waals surface area contributed by atoms with E-state index in [0.717, 1.165) is 16.7 Å². The number of rotatable bonds is 5. The van der Waals surface area contributed by atoms with Crippen LogP contribution in [0.2, 0.25) is 0 Å². The zero-order valence-electron chi connectivity index (χ0n) is 10.6. The van der Waals surface area contributed by atoms with Gasteiger partial charge in [0.1, 0.15) is 0 Å². The van der Waals surface area contributed by atoms with E-state index < -0.39 is 5.41 Å². The van der Waals surface area contributed by atoms with E-state index in [-0.39, 0.29) is 5.97 Å². The Labute approximate surface area is 102 Å². The topological polar surface area (TPSA) is 53.2 Å². The van der Waals surface area contributed by atoms with Gasteiger partial charge in [-0.1, -0.05) is 0 Å². The van der Waals surface area contributed by atoms with Crippen LogP contribution in [0.5, 0.6) is 0 Å². The Balaban J connectivity index is 2.54. The summed E-state index contributed by atoms with van der Waals surface area (Å²) in [6.45, 7) is 5.96. The quantitative estimate of drug-likeness (QED) is 0.446. The fourth-order valence-electron chi connectivity index (χ4n) is 1.50. The average molecular weight is 237 g/mol. The Kier molecular flexibility index (Phi) is 4.49. The number of carbonyl (C=O) groups is 1. The van der Waals surface area contributed by atoms with Crippen molar-refractivity contribution in [2.75, 3.05) is 6.61 Å². The van der Waals surface area contributed by atoms with Gasteiger partial charge < -0.3 is 9.94 Å². The molecule has 0 saturated carbocycles. The molecule has 0 bridgehead atoms. The lowest BCUT2D eigenvalue weighted by molar-refractivity contribution is -0.605.